The van der Waals surface area contributed by atoms with Crippen LogP contribution in [0, 0.1) is 0 Å². The minimum Gasteiger partial charge on any atom is -0.478 e. The van der Waals surface area contributed by atoms with Gasteiger partial charge in [0.15, 0.2) is 0 Å². The van der Waals surface area contributed by atoms with Crippen LogP contribution in [0.5, 0.6) is 0 Å². The number of ether oxygens (including phenoxy) is 1. The summed E-state index contributed by atoms with van der Waals surface area (Å²) in [5, 5.41) is 9.01. The summed E-state index contributed by atoms with van der Waals surface area (Å²) in [5.41, 5.74) is 4.16. The third-order valence-electron chi connectivity index (χ3n) is 5.79. The molecule has 2 aromatic carbocycles. The molecular weight excluding hydrogens is 366 g/mol. The number of carboxylic acid groups (broad SMARTS) is 1. The molecular formula is C23H29N3O3. The fourth-order valence-corrected chi connectivity index (χ4v) is 4.00. The van der Waals surface area contributed by atoms with Crippen LogP contribution in [-0.4, -0.2) is 73.4 Å². The van der Waals surface area contributed by atoms with Crippen molar-refractivity contribution in [3.8, 4) is 0 Å². The van der Waals surface area contributed by atoms with E-state index in [0.29, 0.717) is 5.56 Å². The van der Waals surface area contributed by atoms with Crippen molar-refractivity contribution in [3.05, 3.63) is 65.2 Å². The fraction of sp³-hybridized carbons (Fsp3) is 0.435. The number of hydrogen-bond donors (Lipinski definition) is 1. The van der Waals surface area contributed by atoms with Gasteiger partial charge in [0.25, 0.3) is 0 Å². The van der Waals surface area contributed by atoms with Gasteiger partial charge in [-0.25, -0.2) is 4.79 Å². The maximum absolute atomic E-state index is 11.0. The number of hydrogen-bond acceptors (Lipinski definition) is 5. The third kappa shape index (κ3) is 5.35. The van der Waals surface area contributed by atoms with E-state index in [1.54, 1.807) is 12.1 Å². The summed E-state index contributed by atoms with van der Waals surface area (Å²) in [6.45, 7) is 9.62. The molecule has 0 aliphatic carbocycles. The predicted molar refractivity (Wildman–Crippen MR) is 113 cm³/mol. The SMILES string of the molecule is O=C(O)c1ccc(CN2CCN(c3ccc(CN4CCOCC4)cc3)CC2)cc1. The molecule has 0 radical (unpaired) electrons. The summed E-state index contributed by atoms with van der Waals surface area (Å²) in [5.74, 6) is -0.874. The summed E-state index contributed by atoms with van der Waals surface area (Å²) in [6, 6.07) is 16.2. The van der Waals surface area contributed by atoms with Gasteiger partial charge >= 0.3 is 5.97 Å². The predicted octanol–water partition coefficient (Wildman–Crippen LogP) is 2.54. The highest BCUT2D eigenvalue weighted by Crippen LogP contribution is 2.19. The first-order chi connectivity index (χ1) is 14.2. The van der Waals surface area contributed by atoms with Crippen molar-refractivity contribution in [3.63, 3.8) is 0 Å². The number of carboxylic acids is 1. The minimum atomic E-state index is -0.874. The Morgan fingerprint density at radius 1 is 0.759 bits per heavy atom. The molecule has 6 nitrogen and oxygen atoms in total. The maximum atomic E-state index is 11.0. The highest BCUT2D eigenvalue weighted by atomic mass is 16.5. The monoisotopic (exact) mass is 395 g/mol. The Morgan fingerprint density at radius 3 is 1.83 bits per heavy atom. The molecule has 0 atom stereocenters. The van der Waals surface area contributed by atoms with E-state index in [4.69, 9.17) is 9.84 Å². The maximum Gasteiger partial charge on any atom is 0.335 e. The lowest BCUT2D eigenvalue weighted by Gasteiger charge is -2.36. The molecule has 2 fully saturated rings. The zero-order chi connectivity index (χ0) is 20.1. The van der Waals surface area contributed by atoms with E-state index in [1.165, 1.54) is 11.3 Å². The van der Waals surface area contributed by atoms with Gasteiger partial charge in [-0.3, -0.25) is 9.80 Å². The van der Waals surface area contributed by atoms with Gasteiger partial charge < -0.3 is 14.7 Å². The third-order valence-corrected chi connectivity index (χ3v) is 5.79. The van der Waals surface area contributed by atoms with Gasteiger partial charge in [-0.15, -0.1) is 0 Å². The Balaban J connectivity index is 1.26. The van der Waals surface area contributed by atoms with Gasteiger partial charge in [-0.1, -0.05) is 24.3 Å². The standard InChI is InChI=1S/C23H29N3O3/c27-23(28)21-5-1-19(2-6-21)17-24-9-11-26(12-10-24)22-7-3-20(4-8-22)18-25-13-15-29-16-14-25/h1-8H,9-18H2,(H,27,28). The van der Waals surface area contributed by atoms with E-state index in [0.717, 1.165) is 71.1 Å². The summed E-state index contributed by atoms with van der Waals surface area (Å²) >= 11 is 0. The summed E-state index contributed by atoms with van der Waals surface area (Å²) in [4.78, 5) is 18.3. The van der Waals surface area contributed by atoms with Crippen LogP contribution in [0.4, 0.5) is 5.69 Å². The van der Waals surface area contributed by atoms with Crippen LogP contribution in [0.3, 0.4) is 0 Å². The molecule has 2 aliphatic rings. The average Bonchev–Trinajstić information content (AvgIpc) is 2.76. The smallest absolute Gasteiger partial charge is 0.335 e. The van der Waals surface area contributed by atoms with E-state index in [2.05, 4.69) is 39.0 Å². The Kier molecular flexibility index (Phi) is 6.44. The minimum absolute atomic E-state index is 0.343. The number of morpholine rings is 1. The number of anilines is 1. The number of aromatic carboxylic acids is 1. The van der Waals surface area contributed by atoms with Crippen molar-refractivity contribution < 1.29 is 14.6 Å². The Morgan fingerprint density at radius 2 is 1.28 bits per heavy atom. The number of rotatable bonds is 6. The molecule has 0 unspecified atom stereocenters. The molecule has 0 spiro atoms. The molecule has 6 heteroatoms. The van der Waals surface area contributed by atoms with Crippen molar-refractivity contribution >= 4 is 11.7 Å². The number of piperazine rings is 1. The van der Waals surface area contributed by atoms with Gasteiger partial charge in [0.05, 0.1) is 18.8 Å². The highest BCUT2D eigenvalue weighted by Gasteiger charge is 2.18. The molecule has 4 rings (SSSR count). The molecule has 154 valence electrons. The van der Waals surface area contributed by atoms with Crippen LogP contribution in [-0.2, 0) is 17.8 Å². The van der Waals surface area contributed by atoms with E-state index in [1.807, 2.05) is 12.1 Å². The molecule has 0 bridgehead atoms. The lowest BCUT2D eigenvalue weighted by molar-refractivity contribution is 0.0342. The molecule has 29 heavy (non-hydrogen) atoms. The zero-order valence-corrected chi connectivity index (χ0v) is 16.8. The number of carbonyl (C=O) groups is 1. The van der Waals surface area contributed by atoms with Crippen LogP contribution in [0.15, 0.2) is 48.5 Å². The normalized spacial score (nSPS) is 18.7. The molecule has 0 aromatic heterocycles. The quantitative estimate of drug-likeness (QED) is 0.811. The van der Waals surface area contributed by atoms with Crippen LogP contribution < -0.4 is 4.90 Å². The van der Waals surface area contributed by atoms with Crippen LogP contribution in [0.25, 0.3) is 0 Å². The van der Waals surface area contributed by atoms with Gasteiger partial charge in [0, 0.05) is 58.0 Å². The topological polar surface area (TPSA) is 56.2 Å². The Bertz CT molecular complexity index is 793. The second-order valence-corrected chi connectivity index (χ2v) is 7.82. The van der Waals surface area contributed by atoms with E-state index in [9.17, 15) is 4.79 Å². The second kappa shape index (κ2) is 9.39. The van der Waals surface area contributed by atoms with Gasteiger partial charge in [0.2, 0.25) is 0 Å². The van der Waals surface area contributed by atoms with Crippen molar-refractivity contribution in [2.75, 3.05) is 57.4 Å². The van der Waals surface area contributed by atoms with Gasteiger partial charge in [-0.2, -0.15) is 0 Å². The second-order valence-electron chi connectivity index (χ2n) is 7.82. The molecule has 2 aromatic rings. The zero-order valence-electron chi connectivity index (χ0n) is 16.8. The molecule has 2 heterocycles. The van der Waals surface area contributed by atoms with E-state index >= 15 is 0 Å². The van der Waals surface area contributed by atoms with Crippen molar-refractivity contribution in [2.24, 2.45) is 0 Å². The molecule has 1 N–H and O–H groups in total. The fourth-order valence-electron chi connectivity index (χ4n) is 4.00. The first-order valence-corrected chi connectivity index (χ1v) is 10.4. The first-order valence-electron chi connectivity index (χ1n) is 10.4. The number of benzene rings is 2. The molecule has 2 saturated heterocycles. The summed E-state index contributed by atoms with van der Waals surface area (Å²) < 4.78 is 5.42. The van der Waals surface area contributed by atoms with E-state index in [-0.39, 0.29) is 0 Å². The van der Waals surface area contributed by atoms with Gasteiger partial charge in [-0.05, 0) is 35.4 Å². The van der Waals surface area contributed by atoms with E-state index < -0.39 is 5.97 Å². The Labute approximate surface area is 172 Å². The molecule has 0 saturated carbocycles. The summed E-state index contributed by atoms with van der Waals surface area (Å²) in [7, 11) is 0. The van der Waals surface area contributed by atoms with Gasteiger partial charge in [0.1, 0.15) is 0 Å². The van der Waals surface area contributed by atoms with Crippen molar-refractivity contribution in [1.82, 2.24) is 9.80 Å². The summed E-state index contributed by atoms with van der Waals surface area (Å²) in [6.07, 6.45) is 0. The van der Waals surface area contributed by atoms with Crippen molar-refractivity contribution in [1.29, 1.82) is 0 Å². The number of nitrogens with zero attached hydrogens (tertiary/aromatic N) is 3. The van der Waals surface area contributed by atoms with Crippen LogP contribution in [0.2, 0.25) is 0 Å². The highest BCUT2D eigenvalue weighted by molar-refractivity contribution is 5.87. The molecule has 0 amide bonds. The van der Waals surface area contributed by atoms with Crippen LogP contribution in [0.1, 0.15) is 21.5 Å². The van der Waals surface area contributed by atoms with Crippen LogP contribution >= 0.6 is 0 Å². The van der Waals surface area contributed by atoms with Crippen molar-refractivity contribution in [2.45, 2.75) is 13.1 Å². The Hall–Kier alpha value is -2.41. The largest absolute Gasteiger partial charge is 0.478 e. The first kappa shape index (κ1) is 19.9. The lowest BCUT2D eigenvalue weighted by atomic mass is 10.1. The lowest BCUT2D eigenvalue weighted by Crippen LogP contribution is -2.45. The molecule has 2 aliphatic heterocycles. The average molecular weight is 396 g/mol.